The van der Waals surface area contributed by atoms with E-state index in [0.717, 1.165) is 83.0 Å². The van der Waals surface area contributed by atoms with Gasteiger partial charge in [-0.25, -0.2) is 15.0 Å². The van der Waals surface area contributed by atoms with Crippen molar-refractivity contribution in [3.63, 3.8) is 0 Å². The molecule has 0 radical (unpaired) electrons. The summed E-state index contributed by atoms with van der Waals surface area (Å²) >= 11 is 0. The number of pyridine rings is 4. The van der Waals surface area contributed by atoms with E-state index in [1.54, 1.807) is 0 Å². The molecule has 0 aliphatic carbocycles. The highest BCUT2D eigenvalue weighted by molar-refractivity contribution is 6.19. The predicted molar refractivity (Wildman–Crippen MR) is 189 cm³/mol. The molecule has 4 heterocycles. The molecule has 0 saturated carbocycles. The van der Waals surface area contributed by atoms with Crippen molar-refractivity contribution in [2.75, 3.05) is 0 Å². The summed E-state index contributed by atoms with van der Waals surface area (Å²) in [4.78, 5) is 20.1. The first-order chi connectivity index (χ1) is 22.8. The second-order valence-corrected chi connectivity index (χ2v) is 11.5. The highest BCUT2D eigenvalue weighted by Gasteiger charge is 2.18. The monoisotopic (exact) mass is 586 g/mol. The minimum absolute atomic E-state index is 0.866. The minimum atomic E-state index is 0.866. The fourth-order valence-electron chi connectivity index (χ4n) is 6.56. The third-order valence-electron chi connectivity index (χ3n) is 8.75. The third-order valence-corrected chi connectivity index (χ3v) is 8.75. The zero-order valence-corrected chi connectivity index (χ0v) is 24.8. The van der Waals surface area contributed by atoms with E-state index in [4.69, 9.17) is 15.0 Å². The van der Waals surface area contributed by atoms with Crippen LogP contribution in [0, 0.1) is 0 Å². The normalized spacial score (nSPS) is 11.5. The van der Waals surface area contributed by atoms with Gasteiger partial charge in [-0.1, -0.05) is 121 Å². The zero-order chi connectivity index (χ0) is 30.5. The second kappa shape index (κ2) is 10.7. The van der Waals surface area contributed by atoms with Crippen molar-refractivity contribution in [1.29, 1.82) is 0 Å². The Morgan fingerprint density at radius 2 is 0.935 bits per heavy atom. The molecule has 0 amide bonds. The number of nitrogens with zero attached hydrogens (tertiary/aromatic N) is 4. The molecule has 5 aromatic carbocycles. The Balaban J connectivity index is 1.34. The Bertz CT molecular complexity index is 2560. The number of aromatic nitrogens is 4. The molecule has 0 unspecified atom stereocenters. The molecular weight excluding hydrogens is 560 g/mol. The van der Waals surface area contributed by atoms with Crippen molar-refractivity contribution in [3.8, 4) is 44.9 Å². The quantitative estimate of drug-likeness (QED) is 0.193. The maximum atomic E-state index is 5.41. The van der Waals surface area contributed by atoms with E-state index in [2.05, 4.69) is 126 Å². The average molecular weight is 587 g/mol. The molecule has 0 atom stereocenters. The lowest BCUT2D eigenvalue weighted by molar-refractivity contribution is 1.33. The van der Waals surface area contributed by atoms with Gasteiger partial charge in [0.15, 0.2) is 0 Å². The molecule has 46 heavy (non-hydrogen) atoms. The zero-order valence-electron chi connectivity index (χ0n) is 24.8. The van der Waals surface area contributed by atoms with Crippen LogP contribution in [-0.4, -0.2) is 19.9 Å². The lowest BCUT2D eigenvalue weighted by Crippen LogP contribution is -1.95. The number of fused-ring (bicyclic) bond motifs is 6. The molecule has 0 spiro atoms. The SMILES string of the molecule is c1ccc(-c2ccc3ccc4ccc(-c5cccc6c5nc(-c5ccccc5)c5cccc(-c7ccncc7)c56)nc4c3n2)cc1. The summed E-state index contributed by atoms with van der Waals surface area (Å²) in [6.07, 6.45) is 3.70. The standard InChI is InChI=1S/C42H26N4/c1-3-9-28(10-4-1)36-21-19-30-17-18-31-20-22-37(45-41(31)40(30)44-36)33-14-8-16-35-38-32(27-23-25-43-26-24-27)13-7-15-34(38)39(46-42(33)35)29-11-5-2-6-12-29/h1-26H. The maximum absolute atomic E-state index is 5.41. The summed E-state index contributed by atoms with van der Waals surface area (Å²) in [6.45, 7) is 0. The highest BCUT2D eigenvalue weighted by atomic mass is 14.8. The first-order valence-corrected chi connectivity index (χ1v) is 15.4. The molecule has 0 N–H and O–H groups in total. The van der Waals surface area contributed by atoms with Gasteiger partial charge in [-0.3, -0.25) is 4.98 Å². The molecule has 4 heteroatoms. The summed E-state index contributed by atoms with van der Waals surface area (Å²) in [7, 11) is 0. The summed E-state index contributed by atoms with van der Waals surface area (Å²) in [6, 6.07) is 50.5. The van der Waals surface area contributed by atoms with Gasteiger partial charge in [-0.2, -0.15) is 0 Å². The lowest BCUT2D eigenvalue weighted by Gasteiger charge is -2.16. The van der Waals surface area contributed by atoms with E-state index < -0.39 is 0 Å². The van der Waals surface area contributed by atoms with Gasteiger partial charge in [0.2, 0.25) is 0 Å². The number of hydrogen-bond acceptors (Lipinski definition) is 4. The molecule has 4 aromatic heterocycles. The van der Waals surface area contributed by atoms with Gasteiger partial charge in [-0.05, 0) is 35.4 Å². The van der Waals surface area contributed by atoms with Crippen molar-refractivity contribution in [2.45, 2.75) is 0 Å². The summed E-state index contributed by atoms with van der Waals surface area (Å²) in [5.41, 5.74) is 10.9. The maximum Gasteiger partial charge on any atom is 0.0972 e. The van der Waals surface area contributed by atoms with Crippen molar-refractivity contribution in [1.82, 2.24) is 19.9 Å². The van der Waals surface area contributed by atoms with Crippen LogP contribution in [0.3, 0.4) is 0 Å². The molecule has 214 valence electrons. The van der Waals surface area contributed by atoms with Gasteiger partial charge in [0, 0.05) is 56.0 Å². The Hall–Kier alpha value is -6.26. The Morgan fingerprint density at radius 1 is 0.348 bits per heavy atom. The van der Waals surface area contributed by atoms with Crippen LogP contribution in [0.4, 0.5) is 0 Å². The van der Waals surface area contributed by atoms with Crippen LogP contribution in [0.25, 0.3) is 88.4 Å². The number of benzene rings is 5. The van der Waals surface area contributed by atoms with Gasteiger partial charge in [0.25, 0.3) is 0 Å². The Morgan fingerprint density at radius 3 is 1.65 bits per heavy atom. The molecule has 0 fully saturated rings. The van der Waals surface area contributed by atoms with E-state index in [1.807, 2.05) is 36.7 Å². The smallest absolute Gasteiger partial charge is 0.0972 e. The van der Waals surface area contributed by atoms with Crippen LogP contribution >= 0.6 is 0 Å². The van der Waals surface area contributed by atoms with Gasteiger partial charge >= 0.3 is 0 Å². The van der Waals surface area contributed by atoms with Crippen LogP contribution in [0.15, 0.2) is 158 Å². The number of rotatable bonds is 4. The number of hydrogen-bond donors (Lipinski definition) is 0. The highest BCUT2D eigenvalue weighted by Crippen LogP contribution is 2.41. The average Bonchev–Trinajstić information content (AvgIpc) is 3.14. The molecule has 9 rings (SSSR count). The fraction of sp³-hybridized carbons (Fsp3) is 0. The Labute approximate surface area is 265 Å². The first-order valence-electron chi connectivity index (χ1n) is 15.4. The van der Waals surface area contributed by atoms with Gasteiger partial charge < -0.3 is 0 Å². The molecule has 9 aromatic rings. The van der Waals surface area contributed by atoms with Crippen molar-refractivity contribution in [3.05, 3.63) is 158 Å². The topological polar surface area (TPSA) is 51.6 Å². The van der Waals surface area contributed by atoms with Gasteiger partial charge in [0.05, 0.1) is 33.6 Å². The fourth-order valence-corrected chi connectivity index (χ4v) is 6.56. The van der Waals surface area contributed by atoms with Crippen molar-refractivity contribution >= 4 is 43.5 Å². The van der Waals surface area contributed by atoms with E-state index in [0.29, 0.717) is 0 Å². The van der Waals surface area contributed by atoms with Crippen LogP contribution < -0.4 is 0 Å². The molecule has 0 bridgehead atoms. The Kier molecular flexibility index (Phi) is 6.10. The minimum Gasteiger partial charge on any atom is -0.265 e. The lowest BCUT2D eigenvalue weighted by atomic mass is 9.92. The largest absolute Gasteiger partial charge is 0.265 e. The van der Waals surface area contributed by atoms with E-state index >= 15 is 0 Å². The van der Waals surface area contributed by atoms with E-state index in [9.17, 15) is 0 Å². The van der Waals surface area contributed by atoms with Crippen LogP contribution in [0.1, 0.15) is 0 Å². The molecule has 0 aliphatic rings. The second-order valence-electron chi connectivity index (χ2n) is 11.5. The summed E-state index contributed by atoms with van der Waals surface area (Å²) in [5, 5.41) is 5.48. The molecular formula is C42H26N4. The molecule has 0 aliphatic heterocycles. The summed E-state index contributed by atoms with van der Waals surface area (Å²) < 4.78 is 0. The van der Waals surface area contributed by atoms with Crippen LogP contribution in [-0.2, 0) is 0 Å². The number of para-hydroxylation sites is 1. The van der Waals surface area contributed by atoms with Crippen molar-refractivity contribution in [2.24, 2.45) is 0 Å². The first kappa shape index (κ1) is 26.2. The third kappa shape index (κ3) is 4.31. The molecule has 0 saturated heterocycles. The van der Waals surface area contributed by atoms with Gasteiger partial charge in [-0.15, -0.1) is 0 Å². The molecule has 4 nitrogen and oxygen atoms in total. The van der Waals surface area contributed by atoms with Crippen LogP contribution in [0.2, 0.25) is 0 Å². The van der Waals surface area contributed by atoms with Crippen molar-refractivity contribution < 1.29 is 0 Å². The van der Waals surface area contributed by atoms with Crippen LogP contribution in [0.5, 0.6) is 0 Å². The van der Waals surface area contributed by atoms with E-state index in [1.165, 1.54) is 5.39 Å². The summed E-state index contributed by atoms with van der Waals surface area (Å²) in [5.74, 6) is 0. The van der Waals surface area contributed by atoms with Gasteiger partial charge in [0.1, 0.15) is 0 Å². The predicted octanol–water partition coefficient (Wildman–Crippen LogP) is 10.5. The van der Waals surface area contributed by atoms with E-state index in [-0.39, 0.29) is 0 Å².